The molecule has 0 heterocycles. The lowest BCUT2D eigenvalue weighted by atomic mass is 10.2. The second-order valence-corrected chi connectivity index (χ2v) is 5.95. The molecule has 0 bridgehead atoms. The zero-order valence-corrected chi connectivity index (χ0v) is 15.2. The molecule has 2 aromatic carbocycles. The number of amides is 1. The van der Waals surface area contributed by atoms with E-state index in [2.05, 4.69) is 16.2 Å². The van der Waals surface area contributed by atoms with E-state index >= 15 is 0 Å². The number of hydrogen-bond acceptors (Lipinski definition) is 5. The molecule has 0 spiro atoms. The lowest BCUT2D eigenvalue weighted by molar-refractivity contribution is -0.384. The third kappa shape index (κ3) is 5.87. The van der Waals surface area contributed by atoms with Crippen LogP contribution >= 0.6 is 23.8 Å². The van der Waals surface area contributed by atoms with E-state index in [-0.39, 0.29) is 17.4 Å². The summed E-state index contributed by atoms with van der Waals surface area (Å²) in [5, 5.41) is 14.1. The van der Waals surface area contributed by atoms with E-state index in [1.165, 1.54) is 24.3 Å². The van der Waals surface area contributed by atoms with Crippen LogP contribution in [0.1, 0.15) is 5.56 Å². The standard InChI is InChI=1S/C16H15ClN4O4S/c1-10-8-13(6-7-14(10)17)25-9-15(22)19-20-16(26)18-11-2-4-12(5-3-11)21(23)24/h2-8H,9H2,1H3,(H,19,22)(H2,18,20,26). The molecule has 26 heavy (non-hydrogen) atoms. The highest BCUT2D eigenvalue weighted by Crippen LogP contribution is 2.20. The Kier molecular flexibility index (Phi) is 6.70. The van der Waals surface area contributed by atoms with Crippen LogP contribution in [0.15, 0.2) is 42.5 Å². The number of nitrogens with zero attached hydrogens (tertiary/aromatic N) is 1. The Labute approximate surface area is 159 Å². The maximum atomic E-state index is 11.8. The van der Waals surface area contributed by atoms with Crippen molar-refractivity contribution in [3.05, 3.63) is 63.2 Å². The van der Waals surface area contributed by atoms with Crippen molar-refractivity contribution in [1.82, 2.24) is 10.9 Å². The molecule has 136 valence electrons. The minimum atomic E-state index is -0.497. The molecule has 0 aliphatic heterocycles. The van der Waals surface area contributed by atoms with Crippen LogP contribution in [0.4, 0.5) is 11.4 Å². The molecule has 0 aliphatic rings. The zero-order chi connectivity index (χ0) is 19.1. The molecule has 2 rings (SSSR count). The molecule has 1 amide bonds. The fraction of sp³-hybridized carbons (Fsp3) is 0.125. The Morgan fingerprint density at radius 1 is 1.23 bits per heavy atom. The molecule has 0 atom stereocenters. The summed E-state index contributed by atoms with van der Waals surface area (Å²) in [6.07, 6.45) is 0. The van der Waals surface area contributed by atoms with Gasteiger partial charge in [0.25, 0.3) is 11.6 Å². The number of nitro benzene ring substituents is 1. The average Bonchev–Trinajstić information content (AvgIpc) is 2.61. The van der Waals surface area contributed by atoms with Crippen molar-refractivity contribution in [3.63, 3.8) is 0 Å². The molecule has 10 heteroatoms. The second kappa shape index (κ2) is 8.97. The lowest BCUT2D eigenvalue weighted by Gasteiger charge is -2.12. The highest BCUT2D eigenvalue weighted by Gasteiger charge is 2.07. The van der Waals surface area contributed by atoms with Gasteiger partial charge in [-0.2, -0.15) is 0 Å². The average molecular weight is 395 g/mol. The van der Waals surface area contributed by atoms with Gasteiger partial charge in [-0.1, -0.05) is 11.6 Å². The largest absolute Gasteiger partial charge is 0.484 e. The smallest absolute Gasteiger partial charge is 0.276 e. The number of non-ortho nitro benzene ring substituents is 1. The van der Waals surface area contributed by atoms with Gasteiger partial charge in [-0.3, -0.25) is 25.8 Å². The van der Waals surface area contributed by atoms with E-state index in [0.717, 1.165) is 5.56 Å². The fourth-order valence-corrected chi connectivity index (χ4v) is 2.13. The van der Waals surface area contributed by atoms with E-state index in [0.29, 0.717) is 16.5 Å². The molecular weight excluding hydrogens is 380 g/mol. The molecule has 2 aromatic rings. The third-order valence-corrected chi connectivity index (χ3v) is 3.78. The molecule has 0 aliphatic carbocycles. The summed E-state index contributed by atoms with van der Waals surface area (Å²) in [4.78, 5) is 21.9. The Bertz CT molecular complexity index is 829. The second-order valence-electron chi connectivity index (χ2n) is 5.13. The third-order valence-electron chi connectivity index (χ3n) is 3.15. The topological polar surface area (TPSA) is 106 Å². The molecular formula is C16H15ClN4O4S. The van der Waals surface area contributed by atoms with Crippen LogP contribution in [0, 0.1) is 17.0 Å². The number of benzene rings is 2. The van der Waals surface area contributed by atoms with Crippen molar-refractivity contribution in [3.8, 4) is 5.75 Å². The van der Waals surface area contributed by atoms with Crippen LogP contribution in [-0.2, 0) is 4.79 Å². The number of nitrogens with one attached hydrogen (secondary N) is 3. The first-order valence-corrected chi connectivity index (χ1v) is 8.13. The number of hydrogen-bond donors (Lipinski definition) is 3. The summed E-state index contributed by atoms with van der Waals surface area (Å²) in [6, 6.07) is 10.8. The number of aryl methyl sites for hydroxylation is 1. The number of carbonyl (C=O) groups is 1. The van der Waals surface area contributed by atoms with Crippen molar-refractivity contribution >= 4 is 46.2 Å². The molecule has 3 N–H and O–H groups in total. The first-order valence-electron chi connectivity index (χ1n) is 7.34. The van der Waals surface area contributed by atoms with Crippen molar-refractivity contribution in [2.45, 2.75) is 6.92 Å². The van der Waals surface area contributed by atoms with Gasteiger partial charge in [0.2, 0.25) is 0 Å². The highest BCUT2D eigenvalue weighted by molar-refractivity contribution is 7.80. The maximum Gasteiger partial charge on any atom is 0.276 e. The summed E-state index contributed by atoms with van der Waals surface area (Å²) in [5.41, 5.74) is 6.24. The van der Waals surface area contributed by atoms with Crippen molar-refractivity contribution < 1.29 is 14.5 Å². The van der Waals surface area contributed by atoms with Crippen molar-refractivity contribution in [1.29, 1.82) is 0 Å². The van der Waals surface area contributed by atoms with Gasteiger partial charge in [0.1, 0.15) is 5.75 Å². The maximum absolute atomic E-state index is 11.8. The van der Waals surface area contributed by atoms with Gasteiger partial charge < -0.3 is 10.1 Å². The molecule has 0 aromatic heterocycles. The normalized spacial score (nSPS) is 9.92. The number of rotatable bonds is 5. The summed E-state index contributed by atoms with van der Waals surface area (Å²) >= 11 is 10.9. The van der Waals surface area contributed by atoms with E-state index in [1.54, 1.807) is 18.2 Å². The molecule has 8 nitrogen and oxygen atoms in total. The Hall–Kier alpha value is -2.91. The van der Waals surface area contributed by atoms with Gasteiger partial charge in [-0.05, 0) is 55.0 Å². The van der Waals surface area contributed by atoms with Gasteiger partial charge in [0, 0.05) is 22.8 Å². The van der Waals surface area contributed by atoms with Crippen LogP contribution in [0.3, 0.4) is 0 Å². The molecule has 0 fully saturated rings. The fourth-order valence-electron chi connectivity index (χ4n) is 1.85. The van der Waals surface area contributed by atoms with Crippen LogP contribution in [-0.4, -0.2) is 22.5 Å². The first kappa shape index (κ1) is 19.4. The number of thiocarbonyl (C=S) groups is 1. The van der Waals surface area contributed by atoms with Crippen LogP contribution in [0.2, 0.25) is 5.02 Å². The van der Waals surface area contributed by atoms with Gasteiger partial charge in [0.15, 0.2) is 11.7 Å². The predicted molar refractivity (Wildman–Crippen MR) is 102 cm³/mol. The number of ether oxygens (including phenoxy) is 1. The predicted octanol–water partition coefficient (Wildman–Crippen LogP) is 2.95. The number of anilines is 1. The van der Waals surface area contributed by atoms with Crippen LogP contribution in [0.25, 0.3) is 0 Å². The molecule has 0 radical (unpaired) electrons. The van der Waals surface area contributed by atoms with Crippen LogP contribution in [0.5, 0.6) is 5.75 Å². The van der Waals surface area contributed by atoms with Gasteiger partial charge in [-0.15, -0.1) is 0 Å². The highest BCUT2D eigenvalue weighted by atomic mass is 35.5. The van der Waals surface area contributed by atoms with Crippen molar-refractivity contribution in [2.24, 2.45) is 0 Å². The quantitative estimate of drug-likeness (QED) is 0.406. The lowest BCUT2D eigenvalue weighted by Crippen LogP contribution is -2.45. The molecule has 0 saturated carbocycles. The van der Waals surface area contributed by atoms with E-state index < -0.39 is 10.8 Å². The van der Waals surface area contributed by atoms with Crippen LogP contribution < -0.4 is 20.9 Å². The van der Waals surface area contributed by atoms with Gasteiger partial charge >= 0.3 is 0 Å². The monoisotopic (exact) mass is 394 g/mol. The summed E-state index contributed by atoms with van der Waals surface area (Å²) < 4.78 is 5.35. The Balaban J connectivity index is 1.74. The number of halogens is 1. The summed E-state index contributed by atoms with van der Waals surface area (Å²) in [7, 11) is 0. The van der Waals surface area contributed by atoms with Crippen molar-refractivity contribution in [2.75, 3.05) is 11.9 Å². The van der Waals surface area contributed by atoms with Gasteiger partial charge in [-0.25, -0.2) is 0 Å². The Morgan fingerprint density at radius 2 is 1.92 bits per heavy atom. The number of hydrazine groups is 1. The Morgan fingerprint density at radius 3 is 2.54 bits per heavy atom. The van der Waals surface area contributed by atoms with E-state index in [9.17, 15) is 14.9 Å². The minimum absolute atomic E-state index is 0.0303. The first-order chi connectivity index (χ1) is 12.3. The SMILES string of the molecule is Cc1cc(OCC(=O)NNC(=S)Nc2ccc([N+](=O)[O-])cc2)ccc1Cl. The summed E-state index contributed by atoms with van der Waals surface area (Å²) in [5.74, 6) is 0.0825. The zero-order valence-electron chi connectivity index (χ0n) is 13.6. The number of carbonyl (C=O) groups excluding carboxylic acids is 1. The molecule has 0 saturated heterocycles. The summed E-state index contributed by atoms with van der Waals surface area (Å²) in [6.45, 7) is 1.62. The number of nitro groups is 1. The molecule has 0 unspecified atom stereocenters. The van der Waals surface area contributed by atoms with Gasteiger partial charge in [0.05, 0.1) is 4.92 Å². The van der Waals surface area contributed by atoms with E-state index in [4.69, 9.17) is 28.6 Å². The minimum Gasteiger partial charge on any atom is -0.484 e. The van der Waals surface area contributed by atoms with E-state index in [1.807, 2.05) is 6.92 Å².